The van der Waals surface area contributed by atoms with Gasteiger partial charge in [-0.2, -0.15) is 0 Å². The Morgan fingerprint density at radius 2 is 1.65 bits per heavy atom. The highest BCUT2D eigenvalue weighted by atomic mass is 16.4. The molecule has 0 fully saturated rings. The summed E-state index contributed by atoms with van der Waals surface area (Å²) in [6, 6.07) is 17.4. The Hall–Kier alpha value is -2.88. The predicted molar refractivity (Wildman–Crippen MR) is 88.8 cm³/mol. The number of Topliss-reactive ketones (excluding diaryl/α,β-unsaturated/α-hetero) is 1. The number of aromatic nitrogens is 1. The minimum Gasteiger partial charge on any atom is -0.481 e. The van der Waals surface area contributed by atoms with Crippen molar-refractivity contribution in [3.05, 3.63) is 71.4 Å². The van der Waals surface area contributed by atoms with Gasteiger partial charge in [0, 0.05) is 24.4 Å². The molecule has 0 saturated carbocycles. The summed E-state index contributed by atoms with van der Waals surface area (Å²) in [5.74, 6) is -1.05. The van der Waals surface area contributed by atoms with Crippen LogP contribution in [0.2, 0.25) is 0 Å². The first-order chi connectivity index (χ1) is 11.1. The topological polar surface area (TPSA) is 59.3 Å². The van der Waals surface area contributed by atoms with Crippen molar-refractivity contribution in [2.75, 3.05) is 0 Å². The van der Waals surface area contributed by atoms with Crippen LogP contribution in [0.5, 0.6) is 0 Å². The largest absolute Gasteiger partial charge is 0.481 e. The highest BCUT2D eigenvalue weighted by molar-refractivity contribution is 6.03. The number of carbonyl (C=O) groups excluding carboxylic acids is 1. The number of rotatable bonds is 5. The Labute approximate surface area is 134 Å². The first kappa shape index (κ1) is 15.0. The van der Waals surface area contributed by atoms with Gasteiger partial charge < -0.3 is 9.67 Å². The second-order valence-electron chi connectivity index (χ2n) is 5.54. The van der Waals surface area contributed by atoms with Gasteiger partial charge in [0.1, 0.15) is 0 Å². The fourth-order valence-electron chi connectivity index (χ4n) is 3.04. The molecular formula is C19H17NO3. The van der Waals surface area contributed by atoms with Gasteiger partial charge in [0.25, 0.3) is 0 Å². The molecule has 0 spiro atoms. The minimum absolute atomic E-state index is 0.117. The molecule has 2 aromatic carbocycles. The van der Waals surface area contributed by atoms with Crippen molar-refractivity contribution in [3.8, 4) is 0 Å². The number of carbonyl (C=O) groups is 2. The lowest BCUT2D eigenvalue weighted by atomic mass is 10.1. The smallest absolute Gasteiger partial charge is 0.307 e. The second-order valence-corrected chi connectivity index (χ2v) is 5.54. The van der Waals surface area contributed by atoms with Crippen LogP contribution < -0.4 is 0 Å². The van der Waals surface area contributed by atoms with E-state index in [1.165, 1.54) is 6.92 Å². The third-order valence-electron chi connectivity index (χ3n) is 3.92. The van der Waals surface area contributed by atoms with E-state index in [1.807, 2.05) is 59.2 Å². The molecular weight excluding hydrogens is 290 g/mol. The van der Waals surface area contributed by atoms with Crippen LogP contribution in [0, 0.1) is 0 Å². The Kier molecular flexibility index (Phi) is 3.98. The van der Waals surface area contributed by atoms with Crippen LogP contribution in [-0.4, -0.2) is 21.4 Å². The van der Waals surface area contributed by atoms with Crippen LogP contribution in [-0.2, 0) is 17.8 Å². The monoisotopic (exact) mass is 307 g/mol. The maximum atomic E-state index is 12.2. The van der Waals surface area contributed by atoms with Crippen LogP contribution in [0.25, 0.3) is 10.9 Å². The van der Waals surface area contributed by atoms with E-state index in [2.05, 4.69) is 0 Å². The summed E-state index contributed by atoms with van der Waals surface area (Å²) < 4.78 is 1.92. The lowest BCUT2D eigenvalue weighted by molar-refractivity contribution is -0.136. The number of ketones is 1. The molecule has 0 aliphatic carbocycles. The van der Waals surface area contributed by atoms with E-state index in [4.69, 9.17) is 0 Å². The van der Waals surface area contributed by atoms with Gasteiger partial charge in [0.15, 0.2) is 5.78 Å². The molecule has 4 heteroatoms. The molecule has 3 rings (SSSR count). The SMILES string of the molecule is CC(=O)c1c(CC(=O)O)c2ccccc2n1Cc1ccccc1. The van der Waals surface area contributed by atoms with E-state index in [0.29, 0.717) is 17.8 Å². The highest BCUT2D eigenvalue weighted by Gasteiger charge is 2.21. The molecule has 0 aliphatic heterocycles. The van der Waals surface area contributed by atoms with E-state index >= 15 is 0 Å². The molecule has 0 unspecified atom stereocenters. The van der Waals surface area contributed by atoms with Crippen molar-refractivity contribution < 1.29 is 14.7 Å². The van der Waals surface area contributed by atoms with Crippen LogP contribution in [0.1, 0.15) is 28.5 Å². The number of benzene rings is 2. The lowest BCUT2D eigenvalue weighted by Gasteiger charge is -2.10. The van der Waals surface area contributed by atoms with E-state index in [9.17, 15) is 14.7 Å². The average molecular weight is 307 g/mol. The van der Waals surface area contributed by atoms with Crippen molar-refractivity contribution in [2.24, 2.45) is 0 Å². The number of carboxylic acid groups (broad SMARTS) is 1. The number of carboxylic acids is 1. The zero-order chi connectivity index (χ0) is 16.4. The van der Waals surface area contributed by atoms with Gasteiger partial charge in [-0.15, -0.1) is 0 Å². The van der Waals surface area contributed by atoms with Crippen molar-refractivity contribution in [3.63, 3.8) is 0 Å². The standard InChI is InChI=1S/C19H17NO3/c1-13(21)19-16(11-18(22)23)15-9-5-6-10-17(15)20(19)12-14-7-3-2-4-8-14/h2-10H,11-12H2,1H3,(H,22,23). The molecule has 116 valence electrons. The van der Waals surface area contributed by atoms with Crippen LogP contribution in [0.15, 0.2) is 54.6 Å². The Morgan fingerprint density at radius 3 is 2.30 bits per heavy atom. The van der Waals surface area contributed by atoms with E-state index in [-0.39, 0.29) is 12.2 Å². The molecule has 0 bridgehead atoms. The molecule has 1 N–H and O–H groups in total. The number of hydrogen-bond acceptors (Lipinski definition) is 2. The van der Waals surface area contributed by atoms with Crippen molar-refractivity contribution >= 4 is 22.7 Å². The van der Waals surface area contributed by atoms with Crippen molar-refractivity contribution in [1.29, 1.82) is 0 Å². The van der Waals surface area contributed by atoms with Gasteiger partial charge in [-0.3, -0.25) is 9.59 Å². The van der Waals surface area contributed by atoms with E-state index < -0.39 is 5.97 Å². The van der Waals surface area contributed by atoms with E-state index in [1.54, 1.807) is 0 Å². The van der Waals surface area contributed by atoms with Crippen LogP contribution in [0.4, 0.5) is 0 Å². The van der Waals surface area contributed by atoms with Crippen LogP contribution >= 0.6 is 0 Å². The molecule has 0 saturated heterocycles. The molecule has 1 heterocycles. The molecule has 23 heavy (non-hydrogen) atoms. The number of para-hydroxylation sites is 1. The Bertz CT molecular complexity index is 878. The average Bonchev–Trinajstić information content (AvgIpc) is 2.82. The summed E-state index contributed by atoms with van der Waals surface area (Å²) in [7, 11) is 0. The quantitative estimate of drug-likeness (QED) is 0.734. The maximum Gasteiger partial charge on any atom is 0.307 e. The third-order valence-corrected chi connectivity index (χ3v) is 3.92. The summed E-state index contributed by atoms with van der Waals surface area (Å²) >= 11 is 0. The molecule has 0 aliphatic rings. The van der Waals surface area contributed by atoms with Gasteiger partial charge in [-0.25, -0.2) is 0 Å². The van der Waals surface area contributed by atoms with Crippen molar-refractivity contribution in [1.82, 2.24) is 4.57 Å². The first-order valence-corrected chi connectivity index (χ1v) is 7.44. The molecule has 4 nitrogen and oxygen atoms in total. The van der Waals surface area contributed by atoms with Gasteiger partial charge in [-0.1, -0.05) is 48.5 Å². The van der Waals surface area contributed by atoms with Gasteiger partial charge >= 0.3 is 5.97 Å². The Morgan fingerprint density at radius 1 is 1.00 bits per heavy atom. The lowest BCUT2D eigenvalue weighted by Crippen LogP contribution is -2.11. The summed E-state index contributed by atoms with van der Waals surface area (Å²) in [6.45, 7) is 2.02. The van der Waals surface area contributed by atoms with Crippen molar-refractivity contribution in [2.45, 2.75) is 19.9 Å². The number of nitrogens with zero attached hydrogens (tertiary/aromatic N) is 1. The number of aliphatic carboxylic acids is 1. The fraction of sp³-hybridized carbons (Fsp3) is 0.158. The fourth-order valence-corrected chi connectivity index (χ4v) is 3.04. The number of fused-ring (bicyclic) bond motifs is 1. The van der Waals surface area contributed by atoms with Gasteiger partial charge in [0.2, 0.25) is 0 Å². The second kappa shape index (κ2) is 6.08. The predicted octanol–water partition coefficient (Wildman–Crippen LogP) is 3.52. The molecule has 0 radical (unpaired) electrons. The summed E-state index contributed by atoms with van der Waals surface area (Å²) in [5.41, 5.74) is 3.03. The summed E-state index contributed by atoms with van der Waals surface area (Å²) in [4.78, 5) is 23.4. The highest BCUT2D eigenvalue weighted by Crippen LogP contribution is 2.28. The maximum absolute atomic E-state index is 12.2. The minimum atomic E-state index is -0.935. The summed E-state index contributed by atoms with van der Waals surface area (Å²) in [5, 5.41) is 10.0. The third kappa shape index (κ3) is 2.88. The zero-order valence-electron chi connectivity index (χ0n) is 12.8. The van der Waals surface area contributed by atoms with E-state index in [0.717, 1.165) is 16.5 Å². The Balaban J connectivity index is 2.24. The number of hydrogen-bond donors (Lipinski definition) is 1. The molecule has 0 atom stereocenters. The normalized spacial score (nSPS) is 10.8. The summed E-state index contributed by atoms with van der Waals surface area (Å²) in [6.07, 6.45) is -0.156. The van der Waals surface area contributed by atoms with Gasteiger partial charge in [-0.05, 0) is 17.2 Å². The zero-order valence-corrected chi connectivity index (χ0v) is 12.8. The molecule has 1 aromatic heterocycles. The first-order valence-electron chi connectivity index (χ1n) is 7.44. The van der Waals surface area contributed by atoms with Crippen LogP contribution in [0.3, 0.4) is 0 Å². The van der Waals surface area contributed by atoms with Gasteiger partial charge in [0.05, 0.1) is 12.1 Å². The molecule has 3 aromatic rings. The molecule has 0 amide bonds.